The highest BCUT2D eigenvalue weighted by atomic mass is 16.5. The molecule has 0 aromatic carbocycles. The number of aromatic nitrogens is 1. The summed E-state index contributed by atoms with van der Waals surface area (Å²) in [7, 11) is 0. The van der Waals surface area contributed by atoms with Crippen LogP contribution in [-0.2, 0) is 4.74 Å². The van der Waals surface area contributed by atoms with Gasteiger partial charge >= 0.3 is 6.09 Å². The Labute approximate surface area is 116 Å². The SMILES string of the molecule is Cc1cc(NC(=O)O)c(C2CCOCC2)nc1C(N)=O. The van der Waals surface area contributed by atoms with Gasteiger partial charge in [0.2, 0.25) is 0 Å². The third-order valence-corrected chi connectivity index (χ3v) is 3.33. The van der Waals surface area contributed by atoms with Crippen molar-refractivity contribution in [3.05, 3.63) is 23.0 Å². The molecule has 2 rings (SSSR count). The summed E-state index contributed by atoms with van der Waals surface area (Å²) in [6, 6.07) is 1.60. The Kier molecular flexibility index (Phi) is 4.19. The van der Waals surface area contributed by atoms with Crippen LogP contribution in [0.4, 0.5) is 10.5 Å². The molecule has 0 saturated carbocycles. The molecule has 0 atom stereocenters. The number of rotatable bonds is 3. The molecular weight excluding hydrogens is 262 g/mol. The van der Waals surface area contributed by atoms with Crippen LogP contribution < -0.4 is 11.1 Å². The van der Waals surface area contributed by atoms with Crippen molar-refractivity contribution < 1.29 is 19.4 Å². The predicted octanol–water partition coefficient (Wildman–Crippen LogP) is 1.47. The molecule has 1 aromatic heterocycles. The number of nitrogens with two attached hydrogens (primary N) is 1. The van der Waals surface area contributed by atoms with Crippen LogP contribution in [0.1, 0.15) is 40.5 Å². The van der Waals surface area contributed by atoms with Crippen molar-refractivity contribution in [2.24, 2.45) is 5.73 Å². The summed E-state index contributed by atoms with van der Waals surface area (Å²) in [5.41, 5.74) is 7.01. The molecule has 0 aliphatic carbocycles. The van der Waals surface area contributed by atoms with E-state index in [-0.39, 0.29) is 11.6 Å². The highest BCUT2D eigenvalue weighted by molar-refractivity contribution is 5.93. The number of carbonyl (C=O) groups is 2. The first kappa shape index (κ1) is 14.3. The van der Waals surface area contributed by atoms with Gasteiger partial charge in [0.05, 0.1) is 11.4 Å². The maximum atomic E-state index is 11.4. The summed E-state index contributed by atoms with van der Waals surface area (Å²) in [5, 5.41) is 11.2. The molecule has 1 aliphatic heterocycles. The number of nitrogens with one attached hydrogen (secondary N) is 1. The largest absolute Gasteiger partial charge is 0.465 e. The fraction of sp³-hybridized carbons (Fsp3) is 0.462. The minimum atomic E-state index is -1.16. The third kappa shape index (κ3) is 3.05. The maximum absolute atomic E-state index is 11.4. The normalized spacial score (nSPS) is 15.8. The Hall–Kier alpha value is -2.15. The highest BCUT2D eigenvalue weighted by Gasteiger charge is 2.23. The Morgan fingerprint density at radius 3 is 2.65 bits per heavy atom. The smallest absolute Gasteiger partial charge is 0.409 e. The van der Waals surface area contributed by atoms with Crippen molar-refractivity contribution >= 4 is 17.7 Å². The number of anilines is 1. The van der Waals surface area contributed by atoms with E-state index in [0.717, 1.165) is 12.8 Å². The van der Waals surface area contributed by atoms with Crippen molar-refractivity contribution in [1.82, 2.24) is 4.98 Å². The quantitative estimate of drug-likeness (QED) is 0.775. The highest BCUT2D eigenvalue weighted by Crippen LogP contribution is 2.32. The first-order chi connectivity index (χ1) is 9.49. The molecule has 0 spiro atoms. The topological polar surface area (TPSA) is 115 Å². The average Bonchev–Trinajstić information content (AvgIpc) is 2.38. The van der Waals surface area contributed by atoms with Crippen LogP contribution in [0.15, 0.2) is 6.07 Å². The number of aryl methyl sites for hydroxylation is 1. The van der Waals surface area contributed by atoms with Gasteiger partial charge in [0.1, 0.15) is 5.69 Å². The predicted molar refractivity (Wildman–Crippen MR) is 71.9 cm³/mol. The van der Waals surface area contributed by atoms with Crippen LogP contribution in [0.2, 0.25) is 0 Å². The molecule has 20 heavy (non-hydrogen) atoms. The second-order valence-electron chi connectivity index (χ2n) is 4.77. The maximum Gasteiger partial charge on any atom is 0.409 e. The number of nitrogens with zero attached hydrogens (tertiary/aromatic N) is 1. The van der Waals surface area contributed by atoms with Gasteiger partial charge in [-0.2, -0.15) is 0 Å². The van der Waals surface area contributed by atoms with Crippen LogP contribution in [0.3, 0.4) is 0 Å². The molecule has 1 saturated heterocycles. The van der Waals surface area contributed by atoms with Gasteiger partial charge in [-0.15, -0.1) is 0 Å². The zero-order chi connectivity index (χ0) is 14.7. The van der Waals surface area contributed by atoms with Crippen molar-refractivity contribution in [3.8, 4) is 0 Å². The van der Waals surface area contributed by atoms with Crippen LogP contribution in [0.25, 0.3) is 0 Å². The Balaban J connectivity index is 2.45. The minimum absolute atomic E-state index is 0.0595. The number of ether oxygens (including phenoxy) is 1. The minimum Gasteiger partial charge on any atom is -0.465 e. The third-order valence-electron chi connectivity index (χ3n) is 3.33. The lowest BCUT2D eigenvalue weighted by Crippen LogP contribution is -2.22. The Morgan fingerprint density at radius 1 is 1.45 bits per heavy atom. The molecule has 7 heteroatoms. The van der Waals surface area contributed by atoms with Crippen molar-refractivity contribution in [2.45, 2.75) is 25.7 Å². The van der Waals surface area contributed by atoms with Gasteiger partial charge in [0.25, 0.3) is 5.91 Å². The molecule has 0 bridgehead atoms. The first-order valence-corrected chi connectivity index (χ1v) is 6.38. The monoisotopic (exact) mass is 279 g/mol. The molecule has 7 nitrogen and oxygen atoms in total. The van der Waals surface area contributed by atoms with Gasteiger partial charge in [-0.05, 0) is 31.4 Å². The summed E-state index contributed by atoms with van der Waals surface area (Å²) in [6.07, 6.45) is 0.317. The molecule has 2 heterocycles. The summed E-state index contributed by atoms with van der Waals surface area (Å²) < 4.78 is 5.29. The molecule has 108 valence electrons. The number of hydrogen-bond donors (Lipinski definition) is 3. The van der Waals surface area contributed by atoms with Crippen LogP contribution in [-0.4, -0.2) is 35.3 Å². The number of carboxylic acid groups (broad SMARTS) is 1. The molecular formula is C13H17N3O4. The summed E-state index contributed by atoms with van der Waals surface area (Å²) >= 11 is 0. The van der Waals surface area contributed by atoms with Crippen LogP contribution in [0, 0.1) is 6.92 Å². The van der Waals surface area contributed by atoms with E-state index < -0.39 is 12.0 Å². The Bertz CT molecular complexity index is 539. The summed E-state index contributed by atoms with van der Waals surface area (Å²) in [4.78, 5) is 26.6. The zero-order valence-electron chi connectivity index (χ0n) is 11.2. The molecule has 1 fully saturated rings. The lowest BCUT2D eigenvalue weighted by atomic mass is 9.93. The van der Waals surface area contributed by atoms with Gasteiger partial charge in [-0.25, -0.2) is 9.78 Å². The lowest BCUT2D eigenvalue weighted by Gasteiger charge is -2.24. The fourth-order valence-corrected chi connectivity index (χ4v) is 2.37. The second kappa shape index (κ2) is 5.87. The van der Waals surface area contributed by atoms with Gasteiger partial charge in [-0.1, -0.05) is 0 Å². The number of amides is 2. The van der Waals surface area contributed by atoms with Gasteiger partial charge < -0.3 is 15.6 Å². The van der Waals surface area contributed by atoms with E-state index in [9.17, 15) is 9.59 Å². The van der Waals surface area contributed by atoms with E-state index in [1.165, 1.54) is 0 Å². The molecule has 1 aliphatic rings. The molecule has 2 amide bonds. The number of hydrogen-bond acceptors (Lipinski definition) is 4. The molecule has 0 radical (unpaired) electrons. The van der Waals surface area contributed by atoms with Gasteiger partial charge in [0.15, 0.2) is 0 Å². The van der Waals surface area contributed by atoms with Gasteiger partial charge in [0, 0.05) is 19.1 Å². The average molecular weight is 279 g/mol. The molecule has 0 unspecified atom stereocenters. The van der Waals surface area contributed by atoms with E-state index in [1.807, 2.05) is 0 Å². The van der Waals surface area contributed by atoms with E-state index in [4.69, 9.17) is 15.6 Å². The van der Waals surface area contributed by atoms with Crippen molar-refractivity contribution in [3.63, 3.8) is 0 Å². The number of carbonyl (C=O) groups excluding carboxylic acids is 1. The first-order valence-electron chi connectivity index (χ1n) is 6.38. The zero-order valence-corrected chi connectivity index (χ0v) is 11.2. The summed E-state index contributed by atoms with van der Waals surface area (Å²) in [6.45, 7) is 2.87. The number of primary amides is 1. The van der Waals surface area contributed by atoms with Crippen molar-refractivity contribution in [1.29, 1.82) is 0 Å². The lowest BCUT2D eigenvalue weighted by molar-refractivity contribution is 0.0845. The van der Waals surface area contributed by atoms with Crippen LogP contribution >= 0.6 is 0 Å². The standard InChI is InChI=1S/C13H17N3O4/c1-7-6-9(15-13(18)19)11(16-10(7)12(14)17)8-2-4-20-5-3-8/h6,8,15H,2-5H2,1H3,(H2,14,17)(H,18,19). The fourth-order valence-electron chi connectivity index (χ4n) is 2.37. The second-order valence-corrected chi connectivity index (χ2v) is 4.77. The van der Waals surface area contributed by atoms with Gasteiger partial charge in [-0.3, -0.25) is 10.1 Å². The van der Waals surface area contributed by atoms with Crippen molar-refractivity contribution in [2.75, 3.05) is 18.5 Å². The van der Waals surface area contributed by atoms with E-state index in [2.05, 4.69) is 10.3 Å². The van der Waals surface area contributed by atoms with Crippen LogP contribution in [0.5, 0.6) is 0 Å². The Morgan fingerprint density at radius 2 is 2.10 bits per heavy atom. The molecule has 1 aromatic rings. The summed E-state index contributed by atoms with van der Waals surface area (Å²) in [5.74, 6) is -0.554. The van der Waals surface area contributed by atoms with E-state index in [1.54, 1.807) is 13.0 Å². The number of pyridine rings is 1. The van der Waals surface area contributed by atoms with E-state index in [0.29, 0.717) is 30.2 Å². The van der Waals surface area contributed by atoms with E-state index >= 15 is 0 Å². The molecule has 4 N–H and O–H groups in total.